The first kappa shape index (κ1) is 24.1. The van der Waals surface area contributed by atoms with E-state index >= 15 is 0 Å². The van der Waals surface area contributed by atoms with Crippen molar-refractivity contribution in [2.75, 3.05) is 25.0 Å². The predicted octanol–water partition coefficient (Wildman–Crippen LogP) is 4.95. The van der Waals surface area contributed by atoms with Crippen LogP contribution in [-0.4, -0.2) is 46.1 Å². The molecule has 2 aliphatic heterocycles. The number of para-hydroxylation sites is 1. The SMILES string of the molecule is NC(=O)c1c(-c2ccc(Oc3ccccc3)cc2)nn2c1NCC[C@H]2C1CCN(C(=O)/C=C/Br)CC1. The smallest absolute Gasteiger partial charge is 0.254 e. The van der Waals surface area contributed by atoms with Crippen molar-refractivity contribution in [3.8, 4) is 22.8 Å². The molecule has 2 aliphatic rings. The Balaban J connectivity index is 1.39. The first-order valence-electron chi connectivity index (χ1n) is 12.1. The Kier molecular flexibility index (Phi) is 7.09. The van der Waals surface area contributed by atoms with Crippen LogP contribution in [0.2, 0.25) is 0 Å². The van der Waals surface area contributed by atoms with E-state index < -0.39 is 5.91 Å². The largest absolute Gasteiger partial charge is 0.457 e. The fourth-order valence-electron chi connectivity index (χ4n) is 5.14. The number of fused-ring (bicyclic) bond motifs is 1. The average molecular weight is 550 g/mol. The summed E-state index contributed by atoms with van der Waals surface area (Å²) in [4.78, 5) is 28.2. The minimum Gasteiger partial charge on any atom is -0.457 e. The molecule has 0 bridgehead atoms. The summed E-state index contributed by atoms with van der Waals surface area (Å²) < 4.78 is 7.85. The van der Waals surface area contributed by atoms with Gasteiger partial charge in [0.2, 0.25) is 5.91 Å². The van der Waals surface area contributed by atoms with Gasteiger partial charge in [-0.3, -0.25) is 9.59 Å². The number of piperidine rings is 1. The maximum Gasteiger partial charge on any atom is 0.254 e. The standard InChI is InChI=1S/C27H28BrN5O3/c28-14-10-23(34)32-16-12-18(13-17-32)22-11-15-30-27-24(26(29)35)25(31-33(22)27)19-6-8-21(9-7-19)36-20-4-2-1-3-5-20/h1-10,14,18,22,30H,11-13,15-17H2,(H2,29,35)/b14-10+/t22-/m0/s1. The minimum atomic E-state index is -0.508. The number of anilines is 1. The number of carbonyl (C=O) groups is 2. The fraction of sp³-hybridized carbons (Fsp3) is 0.296. The van der Waals surface area contributed by atoms with E-state index in [9.17, 15) is 9.59 Å². The molecule has 1 atom stereocenters. The molecule has 8 nitrogen and oxygen atoms in total. The third-order valence-corrected chi connectivity index (χ3v) is 7.18. The van der Waals surface area contributed by atoms with Crippen molar-refractivity contribution >= 4 is 33.6 Å². The van der Waals surface area contributed by atoms with Crippen LogP contribution in [-0.2, 0) is 4.79 Å². The molecule has 3 N–H and O–H groups in total. The zero-order valence-electron chi connectivity index (χ0n) is 19.8. The summed E-state index contributed by atoms with van der Waals surface area (Å²) in [6.45, 7) is 2.16. The Bertz CT molecular complexity index is 1260. The summed E-state index contributed by atoms with van der Waals surface area (Å²) in [7, 11) is 0. The Labute approximate surface area is 218 Å². The number of nitrogens with zero attached hydrogens (tertiary/aromatic N) is 3. The van der Waals surface area contributed by atoms with Gasteiger partial charge in [-0.15, -0.1) is 0 Å². The number of nitrogens with two attached hydrogens (primary N) is 1. The molecular weight excluding hydrogens is 522 g/mol. The number of aromatic nitrogens is 2. The molecule has 0 unspecified atom stereocenters. The average Bonchev–Trinajstić information content (AvgIpc) is 3.30. The van der Waals surface area contributed by atoms with E-state index in [2.05, 4.69) is 21.2 Å². The van der Waals surface area contributed by atoms with Crippen molar-refractivity contribution in [1.82, 2.24) is 14.7 Å². The molecule has 2 amide bonds. The third kappa shape index (κ3) is 4.88. The van der Waals surface area contributed by atoms with E-state index in [0.29, 0.717) is 41.8 Å². The van der Waals surface area contributed by atoms with Crippen LogP contribution < -0.4 is 15.8 Å². The fourth-order valence-corrected chi connectivity index (χ4v) is 5.37. The summed E-state index contributed by atoms with van der Waals surface area (Å²) in [6.07, 6.45) is 4.21. The zero-order valence-corrected chi connectivity index (χ0v) is 21.4. The molecule has 186 valence electrons. The van der Waals surface area contributed by atoms with Gasteiger partial charge in [0.15, 0.2) is 0 Å². The number of amides is 2. The summed E-state index contributed by atoms with van der Waals surface area (Å²) >= 11 is 3.18. The van der Waals surface area contributed by atoms with Crippen LogP contribution in [0.4, 0.5) is 5.82 Å². The first-order valence-corrected chi connectivity index (χ1v) is 13.0. The van der Waals surface area contributed by atoms with Crippen LogP contribution in [0, 0.1) is 5.92 Å². The number of hydrogen-bond donors (Lipinski definition) is 2. The summed E-state index contributed by atoms with van der Waals surface area (Å²) in [5, 5.41) is 8.27. The number of nitrogens with one attached hydrogen (secondary N) is 1. The summed E-state index contributed by atoms with van der Waals surface area (Å²) in [5.74, 6) is 2.00. The molecule has 3 heterocycles. The number of benzene rings is 2. The maximum absolute atomic E-state index is 12.5. The van der Waals surface area contributed by atoms with Crippen LogP contribution >= 0.6 is 15.9 Å². The van der Waals surface area contributed by atoms with E-state index in [-0.39, 0.29) is 11.9 Å². The van der Waals surface area contributed by atoms with E-state index in [0.717, 1.165) is 37.1 Å². The second-order valence-electron chi connectivity index (χ2n) is 9.06. The summed E-state index contributed by atoms with van der Waals surface area (Å²) in [6, 6.07) is 17.2. The molecule has 1 fully saturated rings. The quantitative estimate of drug-likeness (QED) is 0.423. The van der Waals surface area contributed by atoms with Gasteiger partial charge >= 0.3 is 0 Å². The maximum atomic E-state index is 12.5. The number of hydrogen-bond acceptors (Lipinski definition) is 5. The highest BCUT2D eigenvalue weighted by atomic mass is 79.9. The van der Waals surface area contributed by atoms with Crippen LogP contribution in [0.25, 0.3) is 11.3 Å². The molecule has 0 aliphatic carbocycles. The normalized spacial score (nSPS) is 18.0. The van der Waals surface area contributed by atoms with Gasteiger partial charge in [-0.25, -0.2) is 4.68 Å². The van der Waals surface area contributed by atoms with Gasteiger partial charge < -0.3 is 20.7 Å². The van der Waals surface area contributed by atoms with Crippen LogP contribution in [0.3, 0.4) is 0 Å². The Morgan fingerprint density at radius 2 is 1.72 bits per heavy atom. The third-order valence-electron chi connectivity index (χ3n) is 6.91. The molecule has 36 heavy (non-hydrogen) atoms. The monoisotopic (exact) mass is 549 g/mol. The number of rotatable bonds is 6. The topological polar surface area (TPSA) is 102 Å². The molecule has 0 radical (unpaired) electrons. The summed E-state index contributed by atoms with van der Waals surface area (Å²) in [5.41, 5.74) is 7.62. The highest BCUT2D eigenvalue weighted by Crippen LogP contribution is 2.40. The van der Waals surface area contributed by atoms with Crippen molar-refractivity contribution in [3.63, 3.8) is 0 Å². The Morgan fingerprint density at radius 3 is 2.39 bits per heavy atom. The molecule has 1 saturated heterocycles. The molecule has 3 aromatic rings. The zero-order chi connectivity index (χ0) is 25.1. The van der Waals surface area contributed by atoms with E-state index in [1.165, 1.54) is 6.08 Å². The Morgan fingerprint density at radius 1 is 1.03 bits per heavy atom. The first-order chi connectivity index (χ1) is 17.5. The van der Waals surface area contributed by atoms with Crippen LogP contribution in [0.15, 0.2) is 65.7 Å². The number of ether oxygens (including phenoxy) is 1. The van der Waals surface area contributed by atoms with Crippen molar-refractivity contribution in [3.05, 3.63) is 71.2 Å². The molecule has 0 saturated carbocycles. The molecular formula is C27H28BrN5O3. The van der Waals surface area contributed by atoms with Crippen molar-refractivity contribution in [2.24, 2.45) is 11.7 Å². The van der Waals surface area contributed by atoms with E-state index in [1.54, 1.807) is 4.99 Å². The molecule has 9 heteroatoms. The van der Waals surface area contributed by atoms with Crippen molar-refractivity contribution < 1.29 is 14.3 Å². The van der Waals surface area contributed by atoms with Crippen LogP contribution in [0.1, 0.15) is 35.7 Å². The van der Waals surface area contributed by atoms with Gasteiger partial charge in [0.05, 0.1) is 6.04 Å². The van der Waals surface area contributed by atoms with Gasteiger partial charge in [-0.2, -0.15) is 5.10 Å². The van der Waals surface area contributed by atoms with Crippen molar-refractivity contribution in [2.45, 2.75) is 25.3 Å². The molecule has 0 spiro atoms. The second kappa shape index (κ2) is 10.6. The highest BCUT2D eigenvalue weighted by Gasteiger charge is 2.35. The van der Waals surface area contributed by atoms with Gasteiger partial charge in [0.25, 0.3) is 5.91 Å². The van der Waals surface area contributed by atoms with Gasteiger partial charge in [-0.05, 0) is 66.6 Å². The predicted molar refractivity (Wildman–Crippen MR) is 142 cm³/mol. The van der Waals surface area contributed by atoms with Gasteiger partial charge in [-0.1, -0.05) is 34.1 Å². The number of likely N-dealkylation sites (tertiary alicyclic amines) is 1. The lowest BCUT2D eigenvalue weighted by Crippen LogP contribution is -2.41. The number of carbonyl (C=O) groups excluding carboxylic acids is 2. The lowest BCUT2D eigenvalue weighted by Gasteiger charge is -2.38. The molecule has 5 rings (SSSR count). The molecule has 1 aromatic heterocycles. The van der Waals surface area contributed by atoms with E-state index in [1.807, 2.05) is 64.2 Å². The number of primary amides is 1. The van der Waals surface area contributed by atoms with Crippen molar-refractivity contribution in [1.29, 1.82) is 0 Å². The van der Waals surface area contributed by atoms with E-state index in [4.69, 9.17) is 15.6 Å². The van der Waals surface area contributed by atoms with Crippen LogP contribution in [0.5, 0.6) is 11.5 Å². The van der Waals surface area contributed by atoms with Gasteiger partial charge in [0, 0.05) is 31.3 Å². The Hall–Kier alpha value is -3.59. The lowest BCUT2D eigenvalue weighted by molar-refractivity contribution is -0.127. The van der Waals surface area contributed by atoms with Gasteiger partial charge in [0.1, 0.15) is 28.6 Å². The minimum absolute atomic E-state index is 0.0217. The second-order valence-corrected chi connectivity index (χ2v) is 9.59. The highest BCUT2D eigenvalue weighted by molar-refractivity contribution is 9.11. The lowest BCUT2D eigenvalue weighted by atomic mass is 9.87. The number of halogens is 1. The molecule has 2 aromatic carbocycles.